The largest absolute Gasteiger partial charge is 0.452 e. The molecule has 6 nitrogen and oxygen atoms in total. The number of esters is 1. The molecule has 0 atom stereocenters. The molecule has 2 aromatic carbocycles. The van der Waals surface area contributed by atoms with Crippen LogP contribution in [0.5, 0.6) is 0 Å². The zero-order valence-corrected chi connectivity index (χ0v) is 18.6. The number of ether oxygens (including phenoxy) is 1. The first-order chi connectivity index (χ1) is 15.5. The molecule has 1 saturated carbocycles. The van der Waals surface area contributed by atoms with Crippen LogP contribution in [0.2, 0.25) is 0 Å². The lowest BCUT2D eigenvalue weighted by atomic mass is 9.94. The van der Waals surface area contributed by atoms with Gasteiger partial charge in [-0.05, 0) is 67.5 Å². The van der Waals surface area contributed by atoms with Gasteiger partial charge in [0.1, 0.15) is 0 Å². The third-order valence-corrected chi connectivity index (χ3v) is 6.54. The van der Waals surface area contributed by atoms with Crippen molar-refractivity contribution in [3.05, 3.63) is 64.7 Å². The highest BCUT2D eigenvalue weighted by molar-refractivity contribution is 6.06. The van der Waals surface area contributed by atoms with E-state index in [-0.39, 0.29) is 17.5 Å². The van der Waals surface area contributed by atoms with E-state index in [1.54, 1.807) is 36.2 Å². The summed E-state index contributed by atoms with van der Waals surface area (Å²) in [5.41, 5.74) is 3.79. The number of benzene rings is 2. The van der Waals surface area contributed by atoms with Crippen molar-refractivity contribution in [2.24, 2.45) is 0 Å². The minimum Gasteiger partial charge on any atom is -0.452 e. The smallest absolute Gasteiger partial charge is 0.339 e. The van der Waals surface area contributed by atoms with Gasteiger partial charge in [-0.15, -0.1) is 0 Å². The first kappa shape index (κ1) is 22.1. The van der Waals surface area contributed by atoms with E-state index in [2.05, 4.69) is 5.32 Å². The van der Waals surface area contributed by atoms with Crippen LogP contribution in [0.3, 0.4) is 0 Å². The molecule has 0 aliphatic heterocycles. The molecule has 2 aromatic rings. The van der Waals surface area contributed by atoms with Crippen LogP contribution in [0, 0.1) is 0 Å². The molecule has 0 bridgehead atoms. The topological polar surface area (TPSA) is 75.7 Å². The third-order valence-electron chi connectivity index (χ3n) is 6.54. The standard InChI is InChI=1S/C26H30N2O4/c1-28(21-10-3-2-4-11-21)25(30)22-12-5-6-13-23(22)26(31)32-17-24(29)27-20-15-14-18-8-7-9-19(18)16-20/h5-6,12-16,21H,2-4,7-11,17H2,1H3,(H,27,29). The maximum Gasteiger partial charge on any atom is 0.339 e. The van der Waals surface area contributed by atoms with Crippen molar-refractivity contribution in [2.75, 3.05) is 19.0 Å². The second kappa shape index (κ2) is 9.98. The van der Waals surface area contributed by atoms with Crippen LogP contribution in [-0.2, 0) is 22.4 Å². The maximum absolute atomic E-state index is 13.1. The van der Waals surface area contributed by atoms with Gasteiger partial charge in [-0.3, -0.25) is 9.59 Å². The molecular formula is C26H30N2O4. The predicted octanol–water partition coefficient (Wildman–Crippen LogP) is 4.38. The van der Waals surface area contributed by atoms with Crippen molar-refractivity contribution >= 4 is 23.5 Å². The first-order valence-corrected chi connectivity index (χ1v) is 11.5. The second-order valence-electron chi connectivity index (χ2n) is 8.71. The SMILES string of the molecule is CN(C(=O)c1ccccc1C(=O)OCC(=O)Nc1ccc2c(c1)CCC2)C1CCCCC1. The second-order valence-corrected chi connectivity index (χ2v) is 8.71. The Morgan fingerprint density at radius 3 is 2.44 bits per heavy atom. The van der Waals surface area contributed by atoms with Gasteiger partial charge >= 0.3 is 5.97 Å². The number of nitrogens with one attached hydrogen (secondary N) is 1. The molecule has 6 heteroatoms. The van der Waals surface area contributed by atoms with E-state index >= 15 is 0 Å². The lowest BCUT2D eigenvalue weighted by Crippen LogP contribution is -2.39. The van der Waals surface area contributed by atoms with Gasteiger partial charge in [-0.25, -0.2) is 4.79 Å². The fourth-order valence-electron chi connectivity index (χ4n) is 4.73. The van der Waals surface area contributed by atoms with Crippen molar-refractivity contribution in [1.82, 2.24) is 4.90 Å². The minimum atomic E-state index is -0.671. The van der Waals surface area contributed by atoms with Gasteiger partial charge in [0.25, 0.3) is 11.8 Å². The molecule has 0 saturated heterocycles. The predicted molar refractivity (Wildman–Crippen MR) is 123 cm³/mol. The molecule has 2 aliphatic carbocycles. The van der Waals surface area contributed by atoms with Crippen LogP contribution >= 0.6 is 0 Å². The quantitative estimate of drug-likeness (QED) is 0.685. The molecule has 2 aliphatic rings. The molecule has 0 aromatic heterocycles. The Kier molecular flexibility index (Phi) is 6.88. The van der Waals surface area contributed by atoms with E-state index in [0.29, 0.717) is 11.3 Å². The van der Waals surface area contributed by atoms with Crippen molar-refractivity contribution in [3.8, 4) is 0 Å². The van der Waals surface area contributed by atoms with Crippen molar-refractivity contribution in [3.63, 3.8) is 0 Å². The molecule has 0 radical (unpaired) electrons. The molecule has 0 spiro atoms. The molecule has 168 valence electrons. The van der Waals surface area contributed by atoms with Gasteiger partial charge in [-0.2, -0.15) is 0 Å². The van der Waals surface area contributed by atoms with E-state index < -0.39 is 18.5 Å². The summed E-state index contributed by atoms with van der Waals surface area (Å²) < 4.78 is 5.25. The normalized spacial score (nSPS) is 15.7. The van der Waals surface area contributed by atoms with Gasteiger partial charge in [0.2, 0.25) is 0 Å². The van der Waals surface area contributed by atoms with Crippen LogP contribution in [0.4, 0.5) is 5.69 Å². The van der Waals surface area contributed by atoms with Crippen LogP contribution < -0.4 is 5.32 Å². The number of nitrogens with zero attached hydrogens (tertiary/aromatic N) is 1. The summed E-state index contributed by atoms with van der Waals surface area (Å²) in [5.74, 6) is -1.26. The highest BCUT2D eigenvalue weighted by atomic mass is 16.5. The maximum atomic E-state index is 13.1. The Balaban J connectivity index is 1.37. The summed E-state index contributed by atoms with van der Waals surface area (Å²) in [6.45, 7) is -0.406. The third kappa shape index (κ3) is 5.01. The van der Waals surface area contributed by atoms with Gasteiger partial charge < -0.3 is 15.0 Å². The van der Waals surface area contributed by atoms with Gasteiger partial charge in [0.15, 0.2) is 6.61 Å². The van der Waals surface area contributed by atoms with E-state index in [1.165, 1.54) is 17.5 Å². The van der Waals surface area contributed by atoms with Gasteiger partial charge in [-0.1, -0.05) is 37.5 Å². The number of amides is 2. The molecule has 1 N–H and O–H groups in total. The number of carbonyl (C=O) groups excluding carboxylic acids is 3. The highest BCUT2D eigenvalue weighted by Crippen LogP contribution is 2.25. The number of hydrogen-bond donors (Lipinski definition) is 1. The summed E-state index contributed by atoms with van der Waals surface area (Å²) in [6.07, 6.45) is 8.64. The summed E-state index contributed by atoms with van der Waals surface area (Å²) >= 11 is 0. The number of fused-ring (bicyclic) bond motifs is 1. The van der Waals surface area contributed by atoms with Crippen molar-refractivity contribution in [1.29, 1.82) is 0 Å². The van der Waals surface area contributed by atoms with Crippen LogP contribution in [-0.4, -0.2) is 42.4 Å². The fraction of sp³-hybridized carbons (Fsp3) is 0.423. The Labute approximate surface area is 188 Å². The average Bonchev–Trinajstić information content (AvgIpc) is 3.30. The van der Waals surface area contributed by atoms with E-state index in [0.717, 1.165) is 44.9 Å². The molecule has 0 unspecified atom stereocenters. The molecule has 0 heterocycles. The Bertz CT molecular complexity index is 1010. The van der Waals surface area contributed by atoms with Crippen LogP contribution in [0.25, 0.3) is 0 Å². The zero-order chi connectivity index (χ0) is 22.5. The van der Waals surface area contributed by atoms with E-state index in [4.69, 9.17) is 4.74 Å². The van der Waals surface area contributed by atoms with Crippen molar-refractivity contribution < 1.29 is 19.1 Å². The molecule has 2 amide bonds. The number of anilines is 1. The van der Waals surface area contributed by atoms with Crippen molar-refractivity contribution in [2.45, 2.75) is 57.4 Å². The lowest BCUT2D eigenvalue weighted by molar-refractivity contribution is -0.119. The number of aryl methyl sites for hydroxylation is 2. The van der Waals surface area contributed by atoms with Gasteiger partial charge in [0, 0.05) is 18.8 Å². The Morgan fingerprint density at radius 2 is 1.66 bits per heavy atom. The number of hydrogen-bond acceptors (Lipinski definition) is 4. The lowest BCUT2D eigenvalue weighted by Gasteiger charge is -2.31. The summed E-state index contributed by atoms with van der Waals surface area (Å²) in [7, 11) is 1.80. The highest BCUT2D eigenvalue weighted by Gasteiger charge is 2.26. The molecule has 1 fully saturated rings. The Morgan fingerprint density at radius 1 is 0.938 bits per heavy atom. The number of carbonyl (C=O) groups is 3. The monoisotopic (exact) mass is 434 g/mol. The van der Waals surface area contributed by atoms with Gasteiger partial charge in [0.05, 0.1) is 11.1 Å². The number of rotatable bonds is 6. The fourth-order valence-corrected chi connectivity index (χ4v) is 4.73. The van der Waals surface area contributed by atoms with E-state index in [9.17, 15) is 14.4 Å². The minimum absolute atomic E-state index is 0.186. The van der Waals surface area contributed by atoms with Crippen LogP contribution in [0.15, 0.2) is 42.5 Å². The summed E-state index contributed by atoms with van der Waals surface area (Å²) in [6, 6.07) is 12.7. The van der Waals surface area contributed by atoms with E-state index in [1.807, 2.05) is 18.2 Å². The average molecular weight is 435 g/mol. The first-order valence-electron chi connectivity index (χ1n) is 11.5. The molecular weight excluding hydrogens is 404 g/mol. The van der Waals surface area contributed by atoms with Crippen LogP contribution in [0.1, 0.15) is 70.4 Å². The zero-order valence-electron chi connectivity index (χ0n) is 18.6. The summed E-state index contributed by atoms with van der Waals surface area (Å²) in [4.78, 5) is 39.8. The molecule has 4 rings (SSSR count). The summed E-state index contributed by atoms with van der Waals surface area (Å²) in [5, 5.41) is 2.79. The molecule has 32 heavy (non-hydrogen) atoms. The Hall–Kier alpha value is -3.15.